The minimum absolute atomic E-state index is 0.0809. The van der Waals surface area contributed by atoms with E-state index in [0.717, 1.165) is 10.5 Å². The van der Waals surface area contributed by atoms with Crippen molar-refractivity contribution in [1.29, 1.82) is 0 Å². The number of carbonyl (C=O) groups is 1. The maximum Gasteiger partial charge on any atom is 0.275 e. The van der Waals surface area contributed by atoms with Crippen molar-refractivity contribution in [2.24, 2.45) is 5.10 Å². The third-order valence-electron chi connectivity index (χ3n) is 2.70. The summed E-state index contributed by atoms with van der Waals surface area (Å²) >= 11 is 7.44. The first-order chi connectivity index (χ1) is 10.1. The van der Waals surface area contributed by atoms with Crippen LogP contribution in [0, 0.1) is 0 Å². The summed E-state index contributed by atoms with van der Waals surface area (Å²) in [5.41, 5.74) is 3.30. The molecule has 0 aliphatic carbocycles. The summed E-state index contributed by atoms with van der Waals surface area (Å²) in [6.07, 6.45) is 3.53. The molecule has 0 aromatic heterocycles. The van der Waals surface area contributed by atoms with Gasteiger partial charge < -0.3 is 5.11 Å². The number of hydrogen-bond donors (Lipinski definition) is 2. The zero-order valence-electron chi connectivity index (χ0n) is 11.2. The van der Waals surface area contributed by atoms with Crippen LogP contribution in [-0.2, 0) is 0 Å². The summed E-state index contributed by atoms with van der Waals surface area (Å²) in [7, 11) is 0. The highest BCUT2D eigenvalue weighted by Crippen LogP contribution is 2.21. The molecule has 2 rings (SSSR count). The van der Waals surface area contributed by atoms with Crippen molar-refractivity contribution in [2.75, 3.05) is 6.26 Å². The summed E-state index contributed by atoms with van der Waals surface area (Å²) in [6.45, 7) is 0. The monoisotopic (exact) mass is 320 g/mol. The van der Waals surface area contributed by atoms with Gasteiger partial charge in [0.1, 0.15) is 5.75 Å². The van der Waals surface area contributed by atoms with Gasteiger partial charge in [-0.05, 0) is 42.2 Å². The lowest BCUT2D eigenvalue weighted by Gasteiger charge is -2.03. The fourth-order valence-corrected chi connectivity index (χ4v) is 2.19. The van der Waals surface area contributed by atoms with Gasteiger partial charge in [0.25, 0.3) is 5.91 Å². The summed E-state index contributed by atoms with van der Waals surface area (Å²) in [4.78, 5) is 13.0. The normalized spacial score (nSPS) is 10.8. The van der Waals surface area contributed by atoms with Crippen molar-refractivity contribution in [2.45, 2.75) is 4.90 Å². The minimum atomic E-state index is -0.521. The highest BCUT2D eigenvalue weighted by molar-refractivity contribution is 7.98. The largest absolute Gasteiger partial charge is 0.507 e. The lowest BCUT2D eigenvalue weighted by Crippen LogP contribution is -2.17. The van der Waals surface area contributed by atoms with E-state index < -0.39 is 5.91 Å². The lowest BCUT2D eigenvalue weighted by atomic mass is 10.2. The highest BCUT2D eigenvalue weighted by Gasteiger charge is 2.10. The van der Waals surface area contributed by atoms with Crippen LogP contribution in [0.1, 0.15) is 15.9 Å². The van der Waals surface area contributed by atoms with Crippen LogP contribution in [0.15, 0.2) is 52.5 Å². The molecule has 0 saturated carbocycles. The Morgan fingerprint density at radius 1 is 1.29 bits per heavy atom. The van der Waals surface area contributed by atoms with Crippen LogP contribution in [0.25, 0.3) is 0 Å². The fraction of sp³-hybridized carbons (Fsp3) is 0.0667. The zero-order chi connectivity index (χ0) is 15.2. The number of halogens is 1. The Labute approximate surface area is 131 Å². The van der Waals surface area contributed by atoms with Gasteiger partial charge in [0, 0.05) is 9.92 Å². The predicted octanol–water partition coefficient (Wildman–Crippen LogP) is 3.53. The summed E-state index contributed by atoms with van der Waals surface area (Å²) < 4.78 is 0. The Morgan fingerprint density at radius 2 is 2.00 bits per heavy atom. The van der Waals surface area contributed by atoms with E-state index in [9.17, 15) is 9.90 Å². The van der Waals surface area contributed by atoms with Crippen LogP contribution < -0.4 is 5.43 Å². The van der Waals surface area contributed by atoms with Crippen LogP contribution in [0.2, 0.25) is 5.02 Å². The number of rotatable bonds is 4. The molecule has 0 atom stereocenters. The quantitative estimate of drug-likeness (QED) is 0.514. The molecule has 2 aromatic rings. The van der Waals surface area contributed by atoms with Crippen LogP contribution in [0.5, 0.6) is 5.75 Å². The second kappa shape index (κ2) is 7.15. The predicted molar refractivity (Wildman–Crippen MR) is 86.4 cm³/mol. The molecule has 0 saturated heterocycles. The first kappa shape index (κ1) is 15.4. The van der Waals surface area contributed by atoms with Gasteiger partial charge in [-0.25, -0.2) is 5.43 Å². The van der Waals surface area contributed by atoms with Crippen LogP contribution in [0.4, 0.5) is 0 Å². The molecule has 6 heteroatoms. The number of benzene rings is 2. The molecular weight excluding hydrogens is 308 g/mol. The van der Waals surface area contributed by atoms with Gasteiger partial charge in [-0.3, -0.25) is 4.79 Å². The van der Waals surface area contributed by atoms with Crippen molar-refractivity contribution in [3.63, 3.8) is 0 Å². The molecule has 0 aliphatic rings. The number of nitrogens with zero attached hydrogens (tertiary/aromatic N) is 1. The molecule has 0 spiro atoms. The first-order valence-corrected chi connectivity index (χ1v) is 7.66. The van der Waals surface area contributed by atoms with E-state index in [1.54, 1.807) is 11.8 Å². The number of hydrogen-bond acceptors (Lipinski definition) is 4. The molecule has 21 heavy (non-hydrogen) atoms. The Kier molecular flexibility index (Phi) is 5.25. The van der Waals surface area contributed by atoms with Crippen molar-refractivity contribution >= 4 is 35.5 Å². The summed E-state index contributed by atoms with van der Waals surface area (Å²) in [5, 5.41) is 13.8. The Balaban J connectivity index is 2.02. The number of carbonyl (C=O) groups excluding carboxylic acids is 1. The molecule has 108 valence electrons. The molecule has 1 amide bonds. The Bertz CT molecular complexity index is 672. The van der Waals surface area contributed by atoms with Gasteiger partial charge in [-0.15, -0.1) is 11.8 Å². The van der Waals surface area contributed by atoms with E-state index >= 15 is 0 Å². The number of nitrogens with one attached hydrogen (secondary N) is 1. The van der Waals surface area contributed by atoms with E-state index in [-0.39, 0.29) is 11.3 Å². The van der Waals surface area contributed by atoms with Gasteiger partial charge >= 0.3 is 0 Å². The molecule has 0 unspecified atom stereocenters. The number of hydrazone groups is 1. The van der Waals surface area contributed by atoms with Gasteiger partial charge in [-0.1, -0.05) is 23.7 Å². The lowest BCUT2D eigenvalue weighted by molar-refractivity contribution is 0.0952. The minimum Gasteiger partial charge on any atom is -0.507 e. The fourth-order valence-electron chi connectivity index (χ4n) is 1.61. The van der Waals surface area contributed by atoms with E-state index in [1.807, 2.05) is 30.5 Å². The van der Waals surface area contributed by atoms with Crippen molar-refractivity contribution < 1.29 is 9.90 Å². The van der Waals surface area contributed by atoms with Crippen molar-refractivity contribution in [3.8, 4) is 5.75 Å². The highest BCUT2D eigenvalue weighted by atomic mass is 35.5. The Hall–Kier alpha value is -1.98. The van der Waals surface area contributed by atoms with Crippen molar-refractivity contribution in [3.05, 3.63) is 58.6 Å². The average molecular weight is 321 g/mol. The maximum atomic E-state index is 11.9. The second-order valence-electron chi connectivity index (χ2n) is 4.13. The van der Waals surface area contributed by atoms with Crippen LogP contribution >= 0.6 is 23.4 Å². The van der Waals surface area contributed by atoms with Crippen LogP contribution in [0.3, 0.4) is 0 Å². The Morgan fingerprint density at radius 3 is 2.67 bits per heavy atom. The number of thioether (sulfide) groups is 1. The molecular formula is C15H13ClN2O2S. The molecule has 0 heterocycles. The molecule has 2 N–H and O–H groups in total. The number of amides is 1. The molecule has 0 aliphatic heterocycles. The topological polar surface area (TPSA) is 61.7 Å². The number of phenolic OH excluding ortho intramolecular Hbond substituents is 1. The average Bonchev–Trinajstić information content (AvgIpc) is 2.50. The summed E-state index contributed by atoms with van der Waals surface area (Å²) in [6, 6.07) is 12.0. The standard InChI is InChI=1S/C15H13ClN2O2S/c1-21-12-5-2-10(3-6-12)9-17-18-15(20)13-8-11(16)4-7-14(13)19/h2-9,19H,1H3,(H,18,20)/b17-9+. The number of aromatic hydroxyl groups is 1. The van der Waals surface area contributed by atoms with Gasteiger partial charge in [-0.2, -0.15) is 5.10 Å². The second-order valence-corrected chi connectivity index (χ2v) is 5.45. The molecule has 4 nitrogen and oxygen atoms in total. The van der Waals surface area contributed by atoms with E-state index in [1.165, 1.54) is 24.4 Å². The smallest absolute Gasteiger partial charge is 0.275 e. The molecule has 0 bridgehead atoms. The van der Waals surface area contributed by atoms with Gasteiger partial charge in [0.05, 0.1) is 11.8 Å². The third-order valence-corrected chi connectivity index (χ3v) is 3.68. The van der Waals surface area contributed by atoms with Crippen LogP contribution in [-0.4, -0.2) is 23.5 Å². The molecule has 0 radical (unpaired) electrons. The maximum absolute atomic E-state index is 11.9. The van der Waals surface area contributed by atoms with E-state index in [4.69, 9.17) is 11.6 Å². The molecule has 2 aromatic carbocycles. The SMILES string of the molecule is CSc1ccc(/C=N/NC(=O)c2cc(Cl)ccc2O)cc1. The molecule has 0 fully saturated rings. The van der Waals surface area contributed by atoms with Gasteiger partial charge in [0.2, 0.25) is 0 Å². The van der Waals surface area contributed by atoms with E-state index in [2.05, 4.69) is 10.5 Å². The first-order valence-electron chi connectivity index (χ1n) is 6.06. The van der Waals surface area contributed by atoms with Crippen molar-refractivity contribution in [1.82, 2.24) is 5.43 Å². The summed E-state index contributed by atoms with van der Waals surface area (Å²) in [5.74, 6) is -0.664. The van der Waals surface area contributed by atoms with E-state index in [0.29, 0.717) is 5.02 Å². The van der Waals surface area contributed by atoms with Gasteiger partial charge in [0.15, 0.2) is 0 Å². The zero-order valence-corrected chi connectivity index (χ0v) is 12.8. The number of phenols is 1. The third kappa shape index (κ3) is 4.24.